The minimum atomic E-state index is -1.08. The molecule has 2 amide bonds. The highest BCUT2D eigenvalue weighted by Crippen LogP contribution is 2.26. The number of rotatable bonds is 3. The van der Waals surface area contributed by atoms with Crippen molar-refractivity contribution in [2.24, 2.45) is 0 Å². The summed E-state index contributed by atoms with van der Waals surface area (Å²) < 4.78 is 5.94. The molecule has 138 valence electrons. The average molecular weight is 415 g/mol. The Morgan fingerprint density at radius 1 is 1.24 bits per heavy atom. The quantitative estimate of drug-likeness (QED) is 0.782. The number of hydrogen-bond donors (Lipinski definition) is 2. The number of ether oxygens (including phenoxy) is 1. The Morgan fingerprint density at radius 3 is 2.28 bits per heavy atom. The third-order valence-corrected chi connectivity index (χ3v) is 4.22. The maximum absolute atomic E-state index is 11.8. The first-order valence-corrected chi connectivity index (χ1v) is 8.94. The zero-order valence-electron chi connectivity index (χ0n) is 14.5. The Bertz CT molecular complexity index is 610. The molecule has 0 spiro atoms. The first-order chi connectivity index (χ1) is 11.7. The number of halogens is 1. The Balaban J connectivity index is 1.94. The van der Waals surface area contributed by atoms with Crippen LogP contribution in [0.15, 0.2) is 16.9 Å². The van der Waals surface area contributed by atoms with Gasteiger partial charge in [-0.15, -0.1) is 0 Å². The highest BCUT2D eigenvalue weighted by molar-refractivity contribution is 9.10. The van der Waals surface area contributed by atoms with Crippen molar-refractivity contribution >= 4 is 34.1 Å². The number of nitrogens with zero attached hydrogens (tertiary/aromatic N) is 3. The number of alkyl carbamates (subject to hydrolysis) is 1. The van der Waals surface area contributed by atoms with Crippen molar-refractivity contribution in [1.29, 1.82) is 0 Å². The predicted octanol–water partition coefficient (Wildman–Crippen LogP) is 3.56. The second-order valence-electron chi connectivity index (χ2n) is 7.01. The number of nitrogens with one attached hydrogen (secondary N) is 1. The van der Waals surface area contributed by atoms with Gasteiger partial charge in [-0.2, -0.15) is 0 Å². The fourth-order valence-corrected chi connectivity index (χ4v) is 2.99. The lowest BCUT2D eigenvalue weighted by Crippen LogP contribution is -2.47. The normalized spacial score (nSPS) is 20.6. The lowest BCUT2D eigenvalue weighted by atomic mass is 9.90. The second-order valence-corrected chi connectivity index (χ2v) is 7.92. The van der Waals surface area contributed by atoms with E-state index in [9.17, 15) is 14.7 Å². The lowest BCUT2D eigenvalue weighted by molar-refractivity contribution is 0.0490. The average Bonchev–Trinajstić information content (AvgIpc) is 2.49. The Morgan fingerprint density at radius 2 is 1.80 bits per heavy atom. The summed E-state index contributed by atoms with van der Waals surface area (Å²) in [6.45, 7) is 5.44. The van der Waals surface area contributed by atoms with Crippen LogP contribution >= 0.6 is 15.9 Å². The third-order valence-electron chi connectivity index (χ3n) is 3.81. The molecule has 1 aliphatic rings. The van der Waals surface area contributed by atoms with Crippen LogP contribution in [0.1, 0.15) is 46.5 Å². The van der Waals surface area contributed by atoms with Gasteiger partial charge in [-0.3, -0.25) is 0 Å². The number of amides is 2. The summed E-state index contributed by atoms with van der Waals surface area (Å²) in [6.07, 6.45) is 4.10. The highest BCUT2D eigenvalue weighted by Gasteiger charge is 2.32. The van der Waals surface area contributed by atoms with Gasteiger partial charge in [0, 0.05) is 24.5 Å². The lowest BCUT2D eigenvalue weighted by Gasteiger charge is -2.34. The van der Waals surface area contributed by atoms with Crippen LogP contribution in [0.2, 0.25) is 0 Å². The monoisotopic (exact) mass is 414 g/mol. The van der Waals surface area contributed by atoms with E-state index in [1.807, 2.05) is 20.8 Å². The molecule has 0 bridgehead atoms. The topological polar surface area (TPSA) is 105 Å². The summed E-state index contributed by atoms with van der Waals surface area (Å²) in [5.41, 5.74) is -0.541. The van der Waals surface area contributed by atoms with E-state index < -0.39 is 17.8 Å². The Hall–Kier alpha value is -1.90. The van der Waals surface area contributed by atoms with E-state index in [1.54, 1.807) is 0 Å². The van der Waals surface area contributed by atoms with E-state index in [-0.39, 0.29) is 18.0 Å². The fourth-order valence-electron chi connectivity index (χ4n) is 2.79. The molecular weight excluding hydrogens is 392 g/mol. The molecule has 1 heterocycles. The predicted molar refractivity (Wildman–Crippen MR) is 95.6 cm³/mol. The van der Waals surface area contributed by atoms with Crippen LogP contribution in [0.3, 0.4) is 0 Å². The van der Waals surface area contributed by atoms with Crippen molar-refractivity contribution in [2.75, 3.05) is 4.90 Å². The summed E-state index contributed by atoms with van der Waals surface area (Å²) in [6, 6.07) is -0.233. The number of carbonyl (C=O) groups is 2. The smallest absolute Gasteiger partial charge is 0.414 e. The minimum absolute atomic E-state index is 0.0208. The molecule has 9 heteroatoms. The van der Waals surface area contributed by atoms with Gasteiger partial charge in [-0.1, -0.05) is 0 Å². The van der Waals surface area contributed by atoms with Gasteiger partial charge in [-0.25, -0.2) is 24.5 Å². The standard InChI is InChI=1S/C16H23BrN4O4/c1-16(2,3)25-14(22)20-11-4-6-12(7-5-11)21(15(23)24)13-18-8-10(17)9-19-13/h8-9,11-12H,4-7H2,1-3H3,(H,20,22)(H,23,24). The van der Waals surface area contributed by atoms with E-state index in [4.69, 9.17) is 4.74 Å². The molecule has 0 unspecified atom stereocenters. The van der Waals surface area contributed by atoms with Gasteiger partial charge in [0.15, 0.2) is 0 Å². The molecule has 0 atom stereocenters. The molecule has 1 aliphatic carbocycles. The van der Waals surface area contributed by atoms with Crippen LogP contribution in [0.4, 0.5) is 15.5 Å². The van der Waals surface area contributed by atoms with Gasteiger partial charge in [0.05, 0.1) is 4.47 Å². The van der Waals surface area contributed by atoms with Crippen LogP contribution in [-0.4, -0.2) is 44.9 Å². The number of aromatic nitrogens is 2. The molecule has 1 saturated carbocycles. The van der Waals surface area contributed by atoms with Crippen molar-refractivity contribution in [3.8, 4) is 0 Å². The van der Waals surface area contributed by atoms with Crippen LogP contribution in [0, 0.1) is 0 Å². The highest BCUT2D eigenvalue weighted by atomic mass is 79.9. The van der Waals surface area contributed by atoms with Crippen LogP contribution < -0.4 is 10.2 Å². The zero-order chi connectivity index (χ0) is 18.6. The first-order valence-electron chi connectivity index (χ1n) is 8.15. The maximum atomic E-state index is 11.8. The van der Waals surface area contributed by atoms with Gasteiger partial charge in [0.1, 0.15) is 5.60 Å². The van der Waals surface area contributed by atoms with Crippen molar-refractivity contribution in [3.63, 3.8) is 0 Å². The molecule has 0 aliphatic heterocycles. The van der Waals surface area contributed by atoms with Crippen molar-refractivity contribution in [1.82, 2.24) is 15.3 Å². The number of carbonyl (C=O) groups excluding carboxylic acids is 1. The van der Waals surface area contributed by atoms with E-state index in [0.29, 0.717) is 30.2 Å². The summed E-state index contributed by atoms with van der Waals surface area (Å²) >= 11 is 3.24. The molecule has 1 fully saturated rings. The largest absolute Gasteiger partial charge is 0.465 e. The Labute approximate surface area is 155 Å². The maximum Gasteiger partial charge on any atom is 0.414 e. The molecule has 8 nitrogen and oxygen atoms in total. The van der Waals surface area contributed by atoms with E-state index >= 15 is 0 Å². The van der Waals surface area contributed by atoms with E-state index in [1.165, 1.54) is 17.3 Å². The van der Waals surface area contributed by atoms with Crippen molar-refractivity contribution in [3.05, 3.63) is 16.9 Å². The summed E-state index contributed by atoms with van der Waals surface area (Å²) in [5, 5.41) is 12.4. The molecule has 1 aromatic rings. The zero-order valence-corrected chi connectivity index (χ0v) is 16.1. The molecule has 1 aromatic heterocycles. The van der Waals surface area contributed by atoms with Gasteiger partial charge < -0.3 is 15.2 Å². The van der Waals surface area contributed by atoms with Crippen molar-refractivity contribution in [2.45, 2.75) is 64.1 Å². The van der Waals surface area contributed by atoms with Gasteiger partial charge in [0.25, 0.3) is 0 Å². The SMILES string of the molecule is CC(C)(C)OC(=O)NC1CCC(N(C(=O)O)c2ncc(Br)cn2)CC1. The third kappa shape index (κ3) is 5.84. The molecular formula is C16H23BrN4O4. The van der Waals surface area contributed by atoms with Gasteiger partial charge >= 0.3 is 12.2 Å². The summed E-state index contributed by atoms with van der Waals surface area (Å²) in [7, 11) is 0. The summed E-state index contributed by atoms with van der Waals surface area (Å²) in [5.74, 6) is 0.166. The van der Waals surface area contributed by atoms with Crippen LogP contribution in [0.5, 0.6) is 0 Å². The van der Waals surface area contributed by atoms with E-state index in [0.717, 1.165) is 0 Å². The summed E-state index contributed by atoms with van der Waals surface area (Å²) in [4.78, 5) is 32.9. The number of carboxylic acid groups (broad SMARTS) is 1. The first kappa shape index (κ1) is 19.4. The molecule has 2 rings (SSSR count). The van der Waals surface area contributed by atoms with Crippen LogP contribution in [-0.2, 0) is 4.74 Å². The molecule has 0 radical (unpaired) electrons. The number of anilines is 1. The second kappa shape index (κ2) is 7.99. The van der Waals surface area contributed by atoms with E-state index in [2.05, 4.69) is 31.2 Å². The molecule has 0 aromatic carbocycles. The number of hydrogen-bond acceptors (Lipinski definition) is 5. The Kier molecular flexibility index (Phi) is 6.21. The fraction of sp³-hybridized carbons (Fsp3) is 0.625. The molecule has 25 heavy (non-hydrogen) atoms. The molecule has 2 N–H and O–H groups in total. The van der Waals surface area contributed by atoms with Gasteiger partial charge in [0.2, 0.25) is 5.95 Å². The van der Waals surface area contributed by atoms with Gasteiger partial charge in [-0.05, 0) is 62.4 Å². The molecule has 0 saturated heterocycles. The minimum Gasteiger partial charge on any atom is -0.465 e. The van der Waals surface area contributed by atoms with Crippen molar-refractivity contribution < 1.29 is 19.4 Å². The van der Waals surface area contributed by atoms with Crippen LogP contribution in [0.25, 0.3) is 0 Å².